The molecule has 0 radical (unpaired) electrons. The van der Waals surface area contributed by atoms with E-state index < -0.39 is 24.4 Å². The van der Waals surface area contributed by atoms with Crippen molar-refractivity contribution in [1.82, 2.24) is 5.32 Å². The maximum Gasteiger partial charge on any atom is 0.360 e. The van der Waals surface area contributed by atoms with Gasteiger partial charge in [0.15, 0.2) is 0 Å². The number of hydrogen-bond acceptors (Lipinski definition) is 10. The molecule has 2 aliphatic rings. The number of hydrogen-bond donors (Lipinski definition) is 2. The third kappa shape index (κ3) is 10.0. The number of ether oxygens (including phenoxy) is 1. The molecule has 13 heteroatoms. The molecule has 1 saturated heterocycles. The number of halogens is 1. The van der Waals surface area contributed by atoms with E-state index in [1.54, 1.807) is 32.9 Å². The molecule has 1 atom stereocenters. The molecule has 0 spiro atoms. The minimum atomic E-state index is -3.91. The molecule has 2 N–H and O–H groups in total. The average Bonchev–Trinajstić information content (AvgIpc) is 3.06. The van der Waals surface area contributed by atoms with Gasteiger partial charge >= 0.3 is 13.6 Å². The second kappa shape index (κ2) is 17.6. The zero-order valence-electron chi connectivity index (χ0n) is 28.4. The van der Waals surface area contributed by atoms with E-state index in [1.807, 2.05) is 74.5 Å². The number of carbonyl (C=O) groups excluding carboxylic acids is 1. The van der Waals surface area contributed by atoms with Crippen molar-refractivity contribution in [3.05, 3.63) is 128 Å². The second-order valence-electron chi connectivity index (χ2n) is 12.4. The predicted molar refractivity (Wildman–Crippen MR) is 185 cm³/mol. The van der Waals surface area contributed by atoms with Crippen LogP contribution in [0.2, 0.25) is 0 Å². The summed E-state index contributed by atoms with van der Waals surface area (Å²) in [6, 6.07) is 25.9. The number of esters is 1. The highest BCUT2D eigenvalue weighted by Gasteiger charge is 2.48. The van der Waals surface area contributed by atoms with E-state index in [9.17, 15) is 19.5 Å². The number of allylic oxidation sites excluding steroid dienone is 3. The molecule has 3 aromatic rings. The van der Waals surface area contributed by atoms with E-state index >= 15 is 0 Å². The second-order valence-corrected chi connectivity index (χ2v) is 14.4. The fraction of sp³-hybridized carbons (Fsp3) is 0.361. The Labute approximate surface area is 294 Å². The van der Waals surface area contributed by atoms with Crippen molar-refractivity contribution in [2.45, 2.75) is 47.1 Å². The van der Waals surface area contributed by atoms with Crippen molar-refractivity contribution >= 4 is 24.9 Å². The Morgan fingerprint density at radius 1 is 1.02 bits per heavy atom. The standard InChI is InChI=1S/C34H38N3O7P.C2H6O.ClH/c1-24-30(33(38)42-19-18-36(28-15-9-6-10-16-28)21-26-12-7-5-8-13-26)31(27-14-11-17-29(20-27)37(39)40)32(25(2)35-24)45(41)43-22-34(3,4)23-44-45;1-2-3;/h5-17,20,31,35H,18-19,21-23H2,1-4H3;3H,2H2,1H3;1H/p-1. The van der Waals surface area contributed by atoms with Gasteiger partial charge in [-0.25, -0.2) is 4.79 Å². The SMILES string of the molecule is CC1=C(C(=O)OCCN(Cc2ccccc2)c2ccccc2)C(c2cccc([N+](=O)[O-])c2)C(P2(=O)OCC(C)(C)CO2)=C(C)N1.CCO.[Cl-]. The van der Waals surface area contributed by atoms with Gasteiger partial charge in [0.05, 0.1) is 41.5 Å². The zero-order chi connectivity index (χ0) is 34.9. The van der Waals surface area contributed by atoms with Crippen LogP contribution in [0.4, 0.5) is 11.4 Å². The molecule has 2 heterocycles. The summed E-state index contributed by atoms with van der Waals surface area (Å²) in [6.45, 7) is 10.7. The maximum atomic E-state index is 14.3. The number of aliphatic hydroxyl groups excluding tert-OH is 1. The van der Waals surface area contributed by atoms with Crippen LogP contribution in [0.1, 0.15) is 51.7 Å². The summed E-state index contributed by atoms with van der Waals surface area (Å²) >= 11 is 0. The van der Waals surface area contributed by atoms with Crippen molar-refractivity contribution in [3.8, 4) is 0 Å². The first-order valence-electron chi connectivity index (χ1n) is 15.8. The fourth-order valence-corrected chi connectivity index (χ4v) is 8.02. The Kier molecular flexibility index (Phi) is 14.2. The summed E-state index contributed by atoms with van der Waals surface area (Å²) in [5.74, 6) is -1.58. The van der Waals surface area contributed by atoms with Gasteiger partial charge in [-0.15, -0.1) is 0 Å². The topological polar surface area (TPSA) is 140 Å². The van der Waals surface area contributed by atoms with Gasteiger partial charge in [-0.05, 0) is 44.0 Å². The molecule has 1 fully saturated rings. The highest BCUT2D eigenvalue weighted by atomic mass is 35.5. The summed E-state index contributed by atoms with van der Waals surface area (Å²) in [5, 5.41) is 22.7. The van der Waals surface area contributed by atoms with Gasteiger partial charge in [0.1, 0.15) is 6.61 Å². The van der Waals surface area contributed by atoms with E-state index in [4.69, 9.17) is 18.9 Å². The lowest BCUT2D eigenvalue weighted by molar-refractivity contribution is -0.384. The van der Waals surface area contributed by atoms with Gasteiger partial charge in [0.25, 0.3) is 5.69 Å². The summed E-state index contributed by atoms with van der Waals surface area (Å²) in [7, 11) is -3.91. The van der Waals surface area contributed by atoms with Gasteiger partial charge in [-0.2, -0.15) is 0 Å². The van der Waals surface area contributed by atoms with Crippen LogP contribution in [0.25, 0.3) is 0 Å². The Bertz CT molecular complexity index is 1680. The van der Waals surface area contributed by atoms with Gasteiger partial charge < -0.3 is 41.5 Å². The van der Waals surface area contributed by atoms with Crippen LogP contribution in [-0.2, 0) is 29.7 Å². The number of para-hydroxylation sites is 1. The number of aliphatic hydroxyl groups is 1. The number of nitro benzene ring substituents is 1. The van der Waals surface area contributed by atoms with E-state index in [0.717, 1.165) is 11.3 Å². The Balaban J connectivity index is 0.00000157. The summed E-state index contributed by atoms with van der Waals surface area (Å²) in [5.41, 5.74) is 3.18. The molecule has 0 bridgehead atoms. The zero-order valence-corrected chi connectivity index (χ0v) is 30.1. The molecule has 1 unspecified atom stereocenters. The van der Waals surface area contributed by atoms with E-state index in [-0.39, 0.29) is 60.8 Å². The fourth-order valence-electron chi connectivity index (χ4n) is 5.57. The molecule has 5 rings (SSSR count). The molecule has 49 heavy (non-hydrogen) atoms. The van der Waals surface area contributed by atoms with Crippen LogP contribution in [0.5, 0.6) is 0 Å². The number of non-ortho nitro benzene ring substituents is 1. The van der Waals surface area contributed by atoms with E-state index in [2.05, 4.69) is 10.2 Å². The highest BCUT2D eigenvalue weighted by molar-refractivity contribution is 7.58. The molecule has 11 nitrogen and oxygen atoms in total. The first-order chi connectivity index (χ1) is 22.9. The molecular formula is C36H44ClN3O8P-. The van der Waals surface area contributed by atoms with Crippen molar-refractivity contribution in [2.24, 2.45) is 5.41 Å². The van der Waals surface area contributed by atoms with Crippen LogP contribution in [0.15, 0.2) is 107 Å². The lowest BCUT2D eigenvalue weighted by atomic mass is 9.86. The highest BCUT2D eigenvalue weighted by Crippen LogP contribution is 2.66. The first-order valence-corrected chi connectivity index (χ1v) is 17.4. The molecule has 0 aliphatic carbocycles. The van der Waals surface area contributed by atoms with Crippen LogP contribution < -0.4 is 22.6 Å². The van der Waals surface area contributed by atoms with Crippen LogP contribution in [0.3, 0.4) is 0 Å². The van der Waals surface area contributed by atoms with E-state index in [0.29, 0.717) is 30.0 Å². The number of benzene rings is 3. The van der Waals surface area contributed by atoms with Crippen LogP contribution >= 0.6 is 7.60 Å². The van der Waals surface area contributed by atoms with Crippen molar-refractivity contribution in [1.29, 1.82) is 0 Å². The van der Waals surface area contributed by atoms with Gasteiger partial charge in [-0.3, -0.25) is 14.7 Å². The molecule has 2 aliphatic heterocycles. The van der Waals surface area contributed by atoms with Crippen molar-refractivity contribution in [2.75, 3.05) is 37.9 Å². The third-order valence-corrected chi connectivity index (χ3v) is 9.96. The summed E-state index contributed by atoms with van der Waals surface area (Å²) in [4.78, 5) is 27.3. The number of nitrogens with one attached hydrogen (secondary N) is 1. The van der Waals surface area contributed by atoms with Gasteiger partial charge in [0, 0.05) is 47.8 Å². The summed E-state index contributed by atoms with van der Waals surface area (Å²) < 4.78 is 32.1. The number of nitro groups is 1. The average molecular weight is 713 g/mol. The number of carbonyl (C=O) groups is 1. The minimum absolute atomic E-state index is 0. The lowest BCUT2D eigenvalue weighted by Gasteiger charge is -2.39. The smallest absolute Gasteiger partial charge is 0.360 e. The Morgan fingerprint density at radius 3 is 2.20 bits per heavy atom. The van der Waals surface area contributed by atoms with Gasteiger partial charge in [-0.1, -0.05) is 74.5 Å². The predicted octanol–water partition coefficient (Wildman–Crippen LogP) is 4.31. The number of nitrogens with zero attached hydrogens (tertiary/aromatic N) is 2. The quantitative estimate of drug-likeness (QED) is 0.135. The molecule has 3 aromatic carbocycles. The third-order valence-electron chi connectivity index (χ3n) is 7.84. The number of dihydropyridines is 1. The van der Waals surface area contributed by atoms with Crippen LogP contribution in [-0.4, -0.2) is 49.0 Å². The van der Waals surface area contributed by atoms with Crippen molar-refractivity contribution < 1.29 is 45.6 Å². The monoisotopic (exact) mass is 712 g/mol. The van der Waals surface area contributed by atoms with E-state index in [1.165, 1.54) is 12.1 Å². The van der Waals surface area contributed by atoms with Crippen LogP contribution in [0, 0.1) is 15.5 Å². The molecule has 0 aromatic heterocycles. The minimum Gasteiger partial charge on any atom is -1.00 e. The van der Waals surface area contributed by atoms with Crippen molar-refractivity contribution in [3.63, 3.8) is 0 Å². The molecular weight excluding hydrogens is 669 g/mol. The Morgan fingerprint density at radius 2 is 1.61 bits per heavy atom. The number of anilines is 1. The maximum absolute atomic E-state index is 14.3. The number of rotatable bonds is 10. The molecule has 264 valence electrons. The molecule has 0 amide bonds. The normalized spacial score (nSPS) is 17.9. The lowest BCUT2D eigenvalue weighted by Crippen LogP contribution is -3.00. The summed E-state index contributed by atoms with van der Waals surface area (Å²) in [6.07, 6.45) is 0. The van der Waals surface area contributed by atoms with Gasteiger partial charge in [0.2, 0.25) is 0 Å². The molecule has 0 saturated carbocycles. The largest absolute Gasteiger partial charge is 1.00 e. The Hall–Kier alpha value is -3.99. The first kappa shape index (κ1) is 39.4.